The van der Waals surface area contributed by atoms with Gasteiger partial charge in [-0.25, -0.2) is 0 Å². The average molecular weight is 162 g/mol. The van der Waals surface area contributed by atoms with Crippen LogP contribution in [0.4, 0.5) is 0 Å². The van der Waals surface area contributed by atoms with Crippen LogP contribution in [0.25, 0.3) is 0 Å². The monoisotopic (exact) mass is 160 g/mol. The summed E-state index contributed by atoms with van der Waals surface area (Å²) in [4.78, 5) is 0. The molecule has 0 fully saturated rings. The molecular formula is H3Cl2NaZn. The number of hydrogen-bond donors (Lipinski definition) is 0. The minimum absolute atomic E-state index is 0. The Morgan fingerprint density at radius 3 is 1.00 bits per heavy atom. The Labute approximate surface area is 74.5 Å². The molecule has 0 nitrogen and oxygen atoms in total. The molecule has 0 aromatic carbocycles. The molecule has 4 heavy (non-hydrogen) atoms. The molecule has 0 aromatic rings. The molecule has 20 valence electrons. The molecule has 0 aromatic heterocycles. The molecule has 0 aliphatic heterocycles. The van der Waals surface area contributed by atoms with Gasteiger partial charge in [0.1, 0.15) is 0 Å². The van der Waals surface area contributed by atoms with E-state index in [4.69, 9.17) is 0 Å². The van der Waals surface area contributed by atoms with Gasteiger partial charge in [-0.15, -0.1) is 24.8 Å². The SMILES string of the molecule is Cl.Cl.[H-].[Na+].[Zn]. The van der Waals surface area contributed by atoms with Crippen LogP contribution in [0.2, 0.25) is 0 Å². The van der Waals surface area contributed by atoms with Gasteiger partial charge in [0.05, 0.1) is 0 Å². The van der Waals surface area contributed by atoms with Gasteiger partial charge in [-0.2, -0.15) is 0 Å². The van der Waals surface area contributed by atoms with Crippen LogP contribution in [0.15, 0.2) is 0 Å². The molecule has 0 N–H and O–H groups in total. The summed E-state index contributed by atoms with van der Waals surface area (Å²) in [6.07, 6.45) is 0. The Balaban J connectivity index is 0. The number of hydrogen-bond acceptors (Lipinski definition) is 0. The van der Waals surface area contributed by atoms with E-state index >= 15 is 0 Å². The van der Waals surface area contributed by atoms with Gasteiger partial charge in [0, 0.05) is 19.5 Å². The van der Waals surface area contributed by atoms with E-state index in [0.29, 0.717) is 0 Å². The maximum absolute atomic E-state index is 0. The summed E-state index contributed by atoms with van der Waals surface area (Å²) >= 11 is 0. The molecule has 0 bridgehead atoms. The van der Waals surface area contributed by atoms with Gasteiger partial charge in [-0.3, -0.25) is 0 Å². The van der Waals surface area contributed by atoms with Gasteiger partial charge in [-0.1, -0.05) is 0 Å². The van der Waals surface area contributed by atoms with E-state index in [1.807, 2.05) is 0 Å². The van der Waals surface area contributed by atoms with Gasteiger partial charge in [-0.05, 0) is 0 Å². The second kappa shape index (κ2) is 18.9. The van der Waals surface area contributed by atoms with E-state index in [-0.39, 0.29) is 75.3 Å². The molecule has 0 rings (SSSR count). The van der Waals surface area contributed by atoms with E-state index in [2.05, 4.69) is 0 Å². The summed E-state index contributed by atoms with van der Waals surface area (Å²) in [7, 11) is 0. The van der Waals surface area contributed by atoms with Crippen LogP contribution < -0.4 is 29.6 Å². The second-order valence-corrected chi connectivity index (χ2v) is 0. The molecule has 0 saturated carbocycles. The number of rotatable bonds is 0. The van der Waals surface area contributed by atoms with Crippen LogP contribution in [0, 0.1) is 0 Å². The molecule has 0 radical (unpaired) electrons. The van der Waals surface area contributed by atoms with Crippen molar-refractivity contribution in [1.29, 1.82) is 0 Å². The molecule has 4 heteroatoms. The summed E-state index contributed by atoms with van der Waals surface area (Å²) in [5, 5.41) is 0. The zero-order chi connectivity index (χ0) is 0. The van der Waals surface area contributed by atoms with Crippen LogP contribution in [0.1, 0.15) is 1.43 Å². The van der Waals surface area contributed by atoms with Crippen molar-refractivity contribution >= 4 is 24.8 Å². The molecule has 0 spiro atoms. The van der Waals surface area contributed by atoms with E-state index in [1.165, 1.54) is 0 Å². The first kappa shape index (κ1) is 34.6. The van der Waals surface area contributed by atoms with Crippen LogP contribution in [-0.2, 0) is 19.5 Å². The first-order valence-electron chi connectivity index (χ1n) is 0. The smallest absolute Gasteiger partial charge is 1.00 e. The molecule has 0 unspecified atom stereocenters. The fourth-order valence-electron chi connectivity index (χ4n) is 0. The van der Waals surface area contributed by atoms with E-state index < -0.39 is 0 Å². The van der Waals surface area contributed by atoms with Gasteiger partial charge in [0.2, 0.25) is 0 Å². The summed E-state index contributed by atoms with van der Waals surface area (Å²) < 4.78 is 0. The zero-order valence-electron chi connectivity index (χ0n) is 3.52. The van der Waals surface area contributed by atoms with E-state index in [0.717, 1.165) is 0 Å². The maximum atomic E-state index is 0. The van der Waals surface area contributed by atoms with Crippen molar-refractivity contribution in [1.82, 2.24) is 0 Å². The Hall–Kier alpha value is 2.20. The van der Waals surface area contributed by atoms with Crippen molar-refractivity contribution in [3.8, 4) is 0 Å². The van der Waals surface area contributed by atoms with Crippen LogP contribution >= 0.6 is 24.8 Å². The first-order chi connectivity index (χ1) is 0. The Kier molecular flexibility index (Phi) is 164. The predicted octanol–water partition coefficient (Wildman–Crippen LogP) is -2.04. The molecule has 0 saturated heterocycles. The third kappa shape index (κ3) is 8.88. The maximum Gasteiger partial charge on any atom is 1.00 e. The second-order valence-electron chi connectivity index (χ2n) is 0. The van der Waals surface area contributed by atoms with Gasteiger partial charge in [0.15, 0.2) is 0 Å². The topological polar surface area (TPSA) is 0 Å². The molecule has 0 aliphatic carbocycles. The van der Waals surface area contributed by atoms with Crippen molar-refractivity contribution in [2.45, 2.75) is 0 Å². The van der Waals surface area contributed by atoms with Crippen LogP contribution in [-0.4, -0.2) is 0 Å². The van der Waals surface area contributed by atoms with Crippen LogP contribution in [0.3, 0.4) is 0 Å². The summed E-state index contributed by atoms with van der Waals surface area (Å²) in [5.74, 6) is 0. The summed E-state index contributed by atoms with van der Waals surface area (Å²) in [5.41, 5.74) is 0. The standard InChI is InChI=1S/2ClH.Na.Zn.H/h2*1H;;;/q;;+1;;-1. The van der Waals surface area contributed by atoms with Crippen molar-refractivity contribution in [2.24, 2.45) is 0 Å². The van der Waals surface area contributed by atoms with Crippen molar-refractivity contribution in [3.05, 3.63) is 0 Å². The van der Waals surface area contributed by atoms with Crippen LogP contribution in [0.5, 0.6) is 0 Å². The summed E-state index contributed by atoms with van der Waals surface area (Å²) in [6, 6.07) is 0. The molecule has 0 aliphatic rings. The minimum Gasteiger partial charge on any atom is -1.00 e. The quantitative estimate of drug-likeness (QED) is 0.360. The van der Waals surface area contributed by atoms with Gasteiger partial charge in [0.25, 0.3) is 0 Å². The molecule has 0 heterocycles. The third-order valence-corrected chi connectivity index (χ3v) is 0. The fraction of sp³-hybridized carbons (Fsp3) is 0. The minimum atomic E-state index is 0. The number of halogens is 2. The van der Waals surface area contributed by atoms with Crippen molar-refractivity contribution in [3.63, 3.8) is 0 Å². The first-order valence-corrected chi connectivity index (χ1v) is 0. The zero-order valence-corrected chi connectivity index (χ0v) is 9.12. The average Bonchev–Trinajstić information content (AvgIpc) is 0. The van der Waals surface area contributed by atoms with Crippen molar-refractivity contribution in [2.75, 3.05) is 0 Å². The fourth-order valence-corrected chi connectivity index (χ4v) is 0. The third-order valence-electron chi connectivity index (χ3n) is 0. The predicted molar refractivity (Wildman–Crippen MR) is 15.6 cm³/mol. The normalized spacial score (nSPS) is 0. The molecule has 0 atom stereocenters. The Morgan fingerprint density at radius 2 is 1.00 bits per heavy atom. The van der Waals surface area contributed by atoms with E-state index in [9.17, 15) is 0 Å². The largest absolute Gasteiger partial charge is 1.00 e. The Morgan fingerprint density at radius 1 is 1.00 bits per heavy atom. The van der Waals surface area contributed by atoms with Gasteiger partial charge < -0.3 is 1.43 Å². The summed E-state index contributed by atoms with van der Waals surface area (Å²) in [6.45, 7) is 0. The van der Waals surface area contributed by atoms with E-state index in [1.54, 1.807) is 0 Å². The Bertz CT molecular complexity index is 9.61. The molecular weight excluding hydrogens is 159 g/mol. The molecule has 0 amide bonds. The van der Waals surface area contributed by atoms with Gasteiger partial charge >= 0.3 is 29.6 Å². The van der Waals surface area contributed by atoms with Crippen molar-refractivity contribution < 1.29 is 50.5 Å².